The van der Waals surface area contributed by atoms with E-state index in [4.69, 9.17) is 4.74 Å². The normalized spacial score (nSPS) is 10.3. The number of aryl methyl sites for hydroxylation is 1. The fourth-order valence-corrected chi connectivity index (χ4v) is 2.36. The Hall–Kier alpha value is -3.81. The molecule has 2 aromatic carbocycles. The van der Waals surface area contributed by atoms with Gasteiger partial charge in [0.1, 0.15) is 18.6 Å². The lowest BCUT2D eigenvalue weighted by Crippen LogP contribution is -2.15. The zero-order valence-corrected chi connectivity index (χ0v) is 14.5. The van der Waals surface area contributed by atoms with Gasteiger partial charge in [-0.15, -0.1) is 0 Å². The van der Waals surface area contributed by atoms with Gasteiger partial charge in [0.2, 0.25) is 5.88 Å². The van der Waals surface area contributed by atoms with Gasteiger partial charge in [-0.05, 0) is 24.1 Å². The van der Waals surface area contributed by atoms with Crippen molar-refractivity contribution in [3.63, 3.8) is 0 Å². The fourth-order valence-electron chi connectivity index (χ4n) is 2.36. The highest BCUT2D eigenvalue weighted by molar-refractivity contribution is 6.03. The van der Waals surface area contributed by atoms with Crippen molar-refractivity contribution >= 4 is 17.3 Å². The minimum atomic E-state index is -0.487. The molecular formula is C19H16N4O4. The summed E-state index contributed by atoms with van der Waals surface area (Å²) < 4.78 is 5.59. The van der Waals surface area contributed by atoms with E-state index in [1.165, 1.54) is 30.6 Å². The summed E-state index contributed by atoms with van der Waals surface area (Å²) in [5, 5.41) is 13.5. The number of anilines is 1. The van der Waals surface area contributed by atoms with E-state index in [1.807, 2.05) is 30.3 Å². The van der Waals surface area contributed by atoms with E-state index in [-0.39, 0.29) is 17.3 Å². The number of hydrogen-bond acceptors (Lipinski definition) is 6. The molecule has 0 bridgehead atoms. The summed E-state index contributed by atoms with van der Waals surface area (Å²) in [4.78, 5) is 30.7. The highest BCUT2D eigenvalue weighted by Gasteiger charge is 2.13. The number of non-ortho nitro benzene ring substituents is 1. The third-order valence-corrected chi connectivity index (χ3v) is 3.77. The number of amides is 1. The molecule has 136 valence electrons. The monoisotopic (exact) mass is 364 g/mol. The predicted molar refractivity (Wildman–Crippen MR) is 98.6 cm³/mol. The van der Waals surface area contributed by atoms with Gasteiger partial charge in [0.05, 0.1) is 4.92 Å². The van der Waals surface area contributed by atoms with Crippen LogP contribution in [0, 0.1) is 17.0 Å². The smallest absolute Gasteiger partial charge is 0.274 e. The number of ether oxygens (including phenoxy) is 1. The standard InChI is InChI=1S/C19H16N4O4/c1-13-9-15(23(25)26)7-8-16(13)22-19(24)17-10-18(21-12-20-17)27-11-14-5-3-2-4-6-14/h2-10,12H,11H2,1H3,(H,22,24). The van der Waals surface area contributed by atoms with E-state index in [9.17, 15) is 14.9 Å². The Morgan fingerprint density at radius 3 is 2.63 bits per heavy atom. The van der Waals surface area contributed by atoms with Crippen LogP contribution in [-0.4, -0.2) is 20.8 Å². The Bertz CT molecular complexity index is 976. The molecule has 0 aliphatic rings. The Balaban J connectivity index is 1.69. The Kier molecular flexibility index (Phi) is 5.36. The molecule has 0 unspecified atom stereocenters. The van der Waals surface area contributed by atoms with Gasteiger partial charge in [-0.1, -0.05) is 30.3 Å². The average molecular weight is 364 g/mol. The molecule has 0 saturated carbocycles. The van der Waals surface area contributed by atoms with Crippen LogP contribution < -0.4 is 10.1 Å². The zero-order chi connectivity index (χ0) is 19.2. The molecule has 0 spiro atoms. The molecule has 1 heterocycles. The Morgan fingerprint density at radius 1 is 1.15 bits per heavy atom. The molecule has 0 aliphatic carbocycles. The summed E-state index contributed by atoms with van der Waals surface area (Å²) in [6.45, 7) is 2.00. The molecule has 0 atom stereocenters. The van der Waals surface area contributed by atoms with Gasteiger partial charge in [0.25, 0.3) is 11.6 Å². The van der Waals surface area contributed by atoms with Gasteiger partial charge in [-0.3, -0.25) is 14.9 Å². The van der Waals surface area contributed by atoms with E-state index in [1.54, 1.807) is 6.92 Å². The SMILES string of the molecule is Cc1cc([N+](=O)[O-])ccc1NC(=O)c1cc(OCc2ccccc2)ncn1. The molecular weight excluding hydrogens is 348 g/mol. The quantitative estimate of drug-likeness (QED) is 0.530. The average Bonchev–Trinajstić information content (AvgIpc) is 2.68. The van der Waals surface area contributed by atoms with E-state index < -0.39 is 10.8 Å². The predicted octanol–water partition coefficient (Wildman–Crippen LogP) is 3.52. The third kappa shape index (κ3) is 4.63. The van der Waals surface area contributed by atoms with Crippen LogP contribution >= 0.6 is 0 Å². The molecule has 0 fully saturated rings. The molecule has 0 saturated heterocycles. The fraction of sp³-hybridized carbons (Fsp3) is 0.105. The van der Waals surface area contributed by atoms with Crippen molar-refractivity contribution in [2.24, 2.45) is 0 Å². The van der Waals surface area contributed by atoms with Crippen LogP contribution in [-0.2, 0) is 6.61 Å². The first-order chi connectivity index (χ1) is 13.0. The van der Waals surface area contributed by atoms with Crippen molar-refractivity contribution in [1.29, 1.82) is 0 Å². The maximum Gasteiger partial charge on any atom is 0.274 e. The number of nitrogens with zero attached hydrogens (tertiary/aromatic N) is 3. The van der Waals surface area contributed by atoms with Crippen LogP contribution in [0.2, 0.25) is 0 Å². The van der Waals surface area contributed by atoms with Crippen molar-refractivity contribution in [3.8, 4) is 5.88 Å². The number of nitro benzene ring substituents is 1. The van der Waals surface area contributed by atoms with E-state index >= 15 is 0 Å². The second-order valence-electron chi connectivity index (χ2n) is 5.73. The lowest BCUT2D eigenvalue weighted by molar-refractivity contribution is -0.384. The highest BCUT2D eigenvalue weighted by Crippen LogP contribution is 2.22. The highest BCUT2D eigenvalue weighted by atomic mass is 16.6. The molecule has 3 rings (SSSR count). The lowest BCUT2D eigenvalue weighted by Gasteiger charge is -2.09. The first-order valence-corrected chi connectivity index (χ1v) is 8.08. The lowest BCUT2D eigenvalue weighted by atomic mass is 10.1. The topological polar surface area (TPSA) is 107 Å². The second-order valence-corrected chi connectivity index (χ2v) is 5.73. The van der Waals surface area contributed by atoms with Crippen LogP contribution in [0.15, 0.2) is 60.9 Å². The largest absolute Gasteiger partial charge is 0.473 e. The van der Waals surface area contributed by atoms with Crippen molar-refractivity contribution in [2.45, 2.75) is 13.5 Å². The molecule has 27 heavy (non-hydrogen) atoms. The zero-order valence-electron chi connectivity index (χ0n) is 14.5. The number of hydrogen-bond donors (Lipinski definition) is 1. The summed E-state index contributed by atoms with van der Waals surface area (Å²) >= 11 is 0. The number of carbonyl (C=O) groups excluding carboxylic acids is 1. The van der Waals surface area contributed by atoms with Crippen LogP contribution in [0.5, 0.6) is 5.88 Å². The number of nitro groups is 1. The van der Waals surface area contributed by atoms with Gasteiger partial charge in [-0.25, -0.2) is 9.97 Å². The number of nitrogens with one attached hydrogen (secondary N) is 1. The second kappa shape index (κ2) is 8.05. The van der Waals surface area contributed by atoms with Gasteiger partial charge >= 0.3 is 0 Å². The minimum Gasteiger partial charge on any atom is -0.473 e. The summed E-state index contributed by atoms with van der Waals surface area (Å²) in [6, 6.07) is 15.2. The van der Waals surface area contributed by atoms with Crippen molar-refractivity contribution < 1.29 is 14.5 Å². The molecule has 0 radical (unpaired) electrons. The number of benzene rings is 2. The summed E-state index contributed by atoms with van der Waals surface area (Å²) in [7, 11) is 0. The van der Waals surface area contributed by atoms with Gasteiger partial charge in [0, 0.05) is 23.9 Å². The first kappa shape index (κ1) is 18.0. The third-order valence-electron chi connectivity index (χ3n) is 3.77. The minimum absolute atomic E-state index is 0.0378. The van der Waals surface area contributed by atoms with E-state index in [0.717, 1.165) is 5.56 Å². The molecule has 1 aromatic heterocycles. The van der Waals surface area contributed by atoms with E-state index in [2.05, 4.69) is 15.3 Å². The first-order valence-electron chi connectivity index (χ1n) is 8.08. The van der Waals surface area contributed by atoms with Crippen molar-refractivity contribution in [1.82, 2.24) is 9.97 Å². The number of rotatable bonds is 6. The molecule has 8 heteroatoms. The summed E-state index contributed by atoms with van der Waals surface area (Å²) in [5.74, 6) is -0.182. The van der Waals surface area contributed by atoms with Crippen LogP contribution in [0.1, 0.15) is 21.6 Å². The van der Waals surface area contributed by atoms with E-state index in [0.29, 0.717) is 17.9 Å². The van der Waals surface area contributed by atoms with Gasteiger partial charge in [0.15, 0.2) is 0 Å². The van der Waals surface area contributed by atoms with Crippen LogP contribution in [0.3, 0.4) is 0 Å². The number of carbonyl (C=O) groups is 1. The van der Waals surface area contributed by atoms with Gasteiger partial charge < -0.3 is 10.1 Å². The van der Waals surface area contributed by atoms with Crippen LogP contribution in [0.4, 0.5) is 11.4 Å². The molecule has 3 aromatic rings. The van der Waals surface area contributed by atoms with Crippen molar-refractivity contribution in [3.05, 3.63) is 87.9 Å². The molecule has 1 amide bonds. The maximum absolute atomic E-state index is 12.4. The molecule has 8 nitrogen and oxygen atoms in total. The maximum atomic E-state index is 12.4. The Labute approximate surface area is 155 Å². The number of aromatic nitrogens is 2. The molecule has 1 N–H and O–H groups in total. The van der Waals surface area contributed by atoms with Crippen LogP contribution in [0.25, 0.3) is 0 Å². The summed E-state index contributed by atoms with van der Waals surface area (Å²) in [6.07, 6.45) is 1.25. The Morgan fingerprint density at radius 2 is 1.93 bits per heavy atom. The van der Waals surface area contributed by atoms with Gasteiger partial charge in [-0.2, -0.15) is 0 Å². The molecule has 0 aliphatic heterocycles. The van der Waals surface area contributed by atoms with Crippen molar-refractivity contribution in [2.75, 3.05) is 5.32 Å². The summed E-state index contributed by atoms with van der Waals surface area (Å²) in [5.41, 5.74) is 2.11.